The average molecular weight is 294 g/mol. The summed E-state index contributed by atoms with van der Waals surface area (Å²) in [6.07, 6.45) is 6.05. The summed E-state index contributed by atoms with van der Waals surface area (Å²) in [6.45, 7) is 7.86. The van der Waals surface area contributed by atoms with Gasteiger partial charge in [-0.1, -0.05) is 24.3 Å². The van der Waals surface area contributed by atoms with Crippen molar-refractivity contribution in [3.8, 4) is 11.5 Å². The molecule has 0 saturated heterocycles. The largest absolute Gasteiger partial charge is 0.508 e. The van der Waals surface area contributed by atoms with Crippen LogP contribution < -0.4 is 4.74 Å². The topological polar surface area (TPSA) is 29.5 Å². The maximum atomic E-state index is 9.56. The summed E-state index contributed by atoms with van der Waals surface area (Å²) in [5.74, 6) is 1.98. The van der Waals surface area contributed by atoms with Gasteiger partial charge in [0.15, 0.2) is 0 Å². The predicted octanol–water partition coefficient (Wildman–Crippen LogP) is 5.48. The first-order valence-corrected chi connectivity index (χ1v) is 7.38. The van der Waals surface area contributed by atoms with E-state index in [-0.39, 0.29) is 0 Å². The fraction of sp³-hybridized carbons (Fsp3) is 0.200. The Hall–Kier alpha value is -2.48. The molecule has 1 N–H and O–H groups in total. The number of hydrogen-bond donors (Lipinski definition) is 1. The van der Waals surface area contributed by atoms with Crippen LogP contribution in [0.2, 0.25) is 0 Å². The van der Waals surface area contributed by atoms with Crippen LogP contribution in [0.25, 0.3) is 12.2 Å². The van der Waals surface area contributed by atoms with E-state index >= 15 is 0 Å². The predicted molar refractivity (Wildman–Crippen MR) is 93.0 cm³/mol. The van der Waals surface area contributed by atoms with Crippen molar-refractivity contribution in [1.82, 2.24) is 0 Å². The Morgan fingerprint density at radius 2 is 1.68 bits per heavy atom. The number of phenols is 1. The average Bonchev–Trinajstić information content (AvgIpc) is 2.46. The molecule has 0 amide bonds. The van der Waals surface area contributed by atoms with Crippen molar-refractivity contribution in [2.24, 2.45) is 0 Å². The second-order valence-corrected chi connectivity index (χ2v) is 5.43. The molecule has 0 aliphatic heterocycles. The lowest BCUT2D eigenvalue weighted by Gasteiger charge is -2.10. The first-order valence-electron chi connectivity index (χ1n) is 7.38. The number of hydrogen-bond acceptors (Lipinski definition) is 2. The maximum Gasteiger partial charge on any atom is 0.129 e. The van der Waals surface area contributed by atoms with E-state index in [0.29, 0.717) is 5.75 Å². The number of benzene rings is 2. The van der Waals surface area contributed by atoms with Crippen LogP contribution in [0.4, 0.5) is 0 Å². The van der Waals surface area contributed by atoms with Crippen molar-refractivity contribution in [2.75, 3.05) is 0 Å². The maximum absolute atomic E-state index is 9.56. The molecule has 0 radical (unpaired) electrons. The number of ether oxygens (including phenoxy) is 1. The van der Waals surface area contributed by atoms with Gasteiger partial charge >= 0.3 is 0 Å². The van der Waals surface area contributed by atoms with E-state index in [4.69, 9.17) is 4.74 Å². The van der Waals surface area contributed by atoms with E-state index in [1.54, 1.807) is 6.07 Å². The van der Waals surface area contributed by atoms with Crippen LogP contribution in [0.15, 0.2) is 48.2 Å². The van der Waals surface area contributed by atoms with Crippen LogP contribution in [-0.2, 0) is 0 Å². The van der Waals surface area contributed by atoms with Gasteiger partial charge in [-0.25, -0.2) is 0 Å². The summed E-state index contributed by atoms with van der Waals surface area (Å²) in [5.41, 5.74) is 4.14. The Morgan fingerprint density at radius 1 is 1.00 bits per heavy atom. The van der Waals surface area contributed by atoms with E-state index in [1.807, 2.05) is 64.1 Å². The molecule has 2 nitrogen and oxygen atoms in total. The van der Waals surface area contributed by atoms with Gasteiger partial charge < -0.3 is 9.84 Å². The van der Waals surface area contributed by atoms with E-state index < -0.39 is 0 Å². The quantitative estimate of drug-likeness (QED) is 0.756. The first kappa shape index (κ1) is 15.9. The fourth-order valence-electron chi connectivity index (χ4n) is 2.29. The molecule has 2 aromatic rings. The van der Waals surface area contributed by atoms with Gasteiger partial charge in [0.2, 0.25) is 0 Å². The summed E-state index contributed by atoms with van der Waals surface area (Å²) in [6, 6.07) is 11.6. The molecule has 0 spiro atoms. The molecular formula is C20H22O2. The van der Waals surface area contributed by atoms with Gasteiger partial charge in [0, 0.05) is 0 Å². The lowest BCUT2D eigenvalue weighted by atomic mass is 10.1. The normalized spacial score (nSPS) is 11.9. The van der Waals surface area contributed by atoms with Crippen molar-refractivity contribution in [3.63, 3.8) is 0 Å². The highest BCUT2D eigenvalue weighted by Crippen LogP contribution is 2.24. The molecule has 2 rings (SSSR count). The van der Waals surface area contributed by atoms with Gasteiger partial charge in [-0.3, -0.25) is 0 Å². The minimum absolute atomic E-state index is 0.311. The number of allylic oxidation sites excluding steroid dienone is 2. The summed E-state index contributed by atoms with van der Waals surface area (Å²) >= 11 is 0. The minimum atomic E-state index is 0.311. The molecule has 2 aromatic carbocycles. The zero-order chi connectivity index (χ0) is 16.1. The molecule has 0 aliphatic carbocycles. The van der Waals surface area contributed by atoms with Crippen molar-refractivity contribution >= 4 is 12.2 Å². The third-order valence-electron chi connectivity index (χ3n) is 3.42. The summed E-state index contributed by atoms with van der Waals surface area (Å²) in [4.78, 5) is 0. The highest BCUT2D eigenvalue weighted by atomic mass is 16.5. The number of phenolic OH excluding ortho intramolecular Hbond substituents is 1. The van der Waals surface area contributed by atoms with E-state index in [2.05, 4.69) is 12.1 Å². The standard InChI is InChI=1S/C20H22O2/c1-5-6-17-8-10-20(15(3)12-17)22-16(4)13-18-7-9-19(21)14(2)11-18/h5-13,21H,1-4H3/b6-5+,16-13-. The second kappa shape index (κ2) is 6.99. The van der Waals surface area contributed by atoms with Gasteiger partial charge in [0.1, 0.15) is 17.3 Å². The Labute approximate surface area is 132 Å². The van der Waals surface area contributed by atoms with Gasteiger partial charge in [0.05, 0.1) is 0 Å². The monoisotopic (exact) mass is 294 g/mol. The van der Waals surface area contributed by atoms with Gasteiger partial charge in [-0.15, -0.1) is 0 Å². The lowest BCUT2D eigenvalue weighted by molar-refractivity contribution is 0.429. The van der Waals surface area contributed by atoms with E-state index in [0.717, 1.165) is 28.2 Å². The SMILES string of the molecule is C/C=C/c1ccc(O/C(C)=C\c2ccc(O)c(C)c2)c(C)c1. The zero-order valence-electron chi connectivity index (χ0n) is 13.6. The summed E-state index contributed by atoms with van der Waals surface area (Å²) in [5, 5.41) is 9.56. The smallest absolute Gasteiger partial charge is 0.129 e. The molecule has 114 valence electrons. The molecule has 0 aliphatic rings. The highest BCUT2D eigenvalue weighted by Gasteiger charge is 2.02. The molecule has 0 atom stereocenters. The molecule has 0 unspecified atom stereocenters. The van der Waals surface area contributed by atoms with Crippen molar-refractivity contribution in [3.05, 3.63) is 70.5 Å². The molecule has 0 aromatic heterocycles. The molecule has 0 saturated carbocycles. The minimum Gasteiger partial charge on any atom is -0.508 e. The molecule has 22 heavy (non-hydrogen) atoms. The Balaban J connectivity index is 2.18. The third kappa shape index (κ3) is 4.01. The lowest BCUT2D eigenvalue weighted by Crippen LogP contribution is -1.93. The third-order valence-corrected chi connectivity index (χ3v) is 3.42. The summed E-state index contributed by atoms with van der Waals surface area (Å²) in [7, 11) is 0. The van der Waals surface area contributed by atoms with E-state index in [9.17, 15) is 5.11 Å². The van der Waals surface area contributed by atoms with Crippen molar-refractivity contribution < 1.29 is 9.84 Å². The van der Waals surface area contributed by atoms with Crippen LogP contribution in [0.3, 0.4) is 0 Å². The molecule has 0 fully saturated rings. The Bertz CT molecular complexity index is 724. The van der Waals surface area contributed by atoms with Crippen molar-refractivity contribution in [2.45, 2.75) is 27.7 Å². The highest BCUT2D eigenvalue weighted by molar-refractivity contribution is 5.56. The summed E-state index contributed by atoms with van der Waals surface area (Å²) < 4.78 is 5.93. The van der Waals surface area contributed by atoms with Gasteiger partial charge in [0.25, 0.3) is 0 Å². The van der Waals surface area contributed by atoms with E-state index in [1.165, 1.54) is 5.56 Å². The fourth-order valence-corrected chi connectivity index (χ4v) is 2.29. The van der Waals surface area contributed by atoms with Crippen LogP contribution in [0, 0.1) is 13.8 Å². The van der Waals surface area contributed by atoms with Crippen LogP contribution >= 0.6 is 0 Å². The zero-order valence-corrected chi connectivity index (χ0v) is 13.6. The second-order valence-electron chi connectivity index (χ2n) is 5.43. The Morgan fingerprint density at radius 3 is 2.32 bits per heavy atom. The number of aryl methyl sites for hydroxylation is 2. The number of aromatic hydroxyl groups is 1. The molecule has 0 bridgehead atoms. The van der Waals surface area contributed by atoms with Crippen LogP contribution in [0.5, 0.6) is 11.5 Å². The Kier molecular flexibility index (Phi) is 5.05. The van der Waals surface area contributed by atoms with Crippen LogP contribution in [-0.4, -0.2) is 5.11 Å². The van der Waals surface area contributed by atoms with Gasteiger partial charge in [-0.05, 0) is 80.3 Å². The molecule has 2 heteroatoms. The molecule has 0 heterocycles. The molecular weight excluding hydrogens is 272 g/mol. The van der Waals surface area contributed by atoms with Crippen molar-refractivity contribution in [1.29, 1.82) is 0 Å². The van der Waals surface area contributed by atoms with Gasteiger partial charge in [-0.2, -0.15) is 0 Å². The number of rotatable bonds is 4. The van der Waals surface area contributed by atoms with Crippen LogP contribution in [0.1, 0.15) is 36.1 Å². The first-order chi connectivity index (χ1) is 10.5.